The van der Waals surface area contributed by atoms with Crippen LogP contribution in [0, 0.1) is 13.8 Å². The minimum Gasteiger partial charge on any atom is -0.491 e. The Morgan fingerprint density at radius 2 is 1.58 bits per heavy atom. The molecule has 0 radical (unpaired) electrons. The van der Waals surface area contributed by atoms with Crippen LogP contribution in [0.25, 0.3) is 0 Å². The van der Waals surface area contributed by atoms with Gasteiger partial charge in [-0.25, -0.2) is 8.42 Å². The van der Waals surface area contributed by atoms with Gasteiger partial charge in [0, 0.05) is 38.3 Å². The zero-order valence-corrected chi connectivity index (χ0v) is 21.6. The van der Waals surface area contributed by atoms with Crippen molar-refractivity contribution >= 4 is 15.9 Å². The van der Waals surface area contributed by atoms with Crippen LogP contribution >= 0.6 is 0 Å². The average molecular weight is 508 g/mol. The predicted octanol–water partition coefficient (Wildman–Crippen LogP) is 3.62. The van der Waals surface area contributed by atoms with E-state index in [1.807, 2.05) is 62.4 Å². The topological polar surface area (TPSA) is 79.0 Å². The van der Waals surface area contributed by atoms with Crippen molar-refractivity contribution < 1.29 is 17.9 Å². The van der Waals surface area contributed by atoms with E-state index in [1.54, 1.807) is 28.6 Å². The highest BCUT2D eigenvalue weighted by molar-refractivity contribution is 7.89. The van der Waals surface area contributed by atoms with Crippen molar-refractivity contribution in [1.82, 2.24) is 14.5 Å². The number of aryl methyl sites for hydroxylation is 1. The Morgan fingerprint density at radius 3 is 2.28 bits per heavy atom. The molecule has 0 unspecified atom stereocenters. The Balaban J connectivity index is 1.21. The summed E-state index contributed by atoms with van der Waals surface area (Å²) in [4.78, 5) is 15.1. The van der Waals surface area contributed by atoms with Gasteiger partial charge in [-0.05, 0) is 60.9 Å². The smallest absolute Gasteiger partial charge is 0.251 e. The molecule has 3 aromatic carbocycles. The van der Waals surface area contributed by atoms with Gasteiger partial charge in [-0.1, -0.05) is 42.5 Å². The van der Waals surface area contributed by atoms with Crippen molar-refractivity contribution in [3.63, 3.8) is 0 Å². The van der Waals surface area contributed by atoms with Gasteiger partial charge in [0.25, 0.3) is 5.91 Å². The first-order chi connectivity index (χ1) is 17.3. The van der Waals surface area contributed by atoms with Crippen molar-refractivity contribution in [3.8, 4) is 5.75 Å². The summed E-state index contributed by atoms with van der Waals surface area (Å²) in [5, 5.41) is 2.90. The number of carbonyl (C=O) groups is 1. The number of nitrogens with one attached hydrogen (secondary N) is 1. The third kappa shape index (κ3) is 6.32. The second kappa shape index (κ2) is 11.7. The normalized spacial score (nSPS) is 14.9. The molecule has 36 heavy (non-hydrogen) atoms. The van der Waals surface area contributed by atoms with Crippen LogP contribution in [0.3, 0.4) is 0 Å². The molecule has 8 heteroatoms. The quantitative estimate of drug-likeness (QED) is 0.448. The maximum absolute atomic E-state index is 12.8. The summed E-state index contributed by atoms with van der Waals surface area (Å²) in [6.07, 6.45) is 0. The number of benzene rings is 3. The average Bonchev–Trinajstić information content (AvgIpc) is 2.90. The lowest BCUT2D eigenvalue weighted by atomic mass is 10.1. The molecule has 190 valence electrons. The lowest BCUT2D eigenvalue weighted by molar-refractivity contribution is 0.0947. The fourth-order valence-electron chi connectivity index (χ4n) is 4.20. The largest absolute Gasteiger partial charge is 0.491 e. The van der Waals surface area contributed by atoms with Crippen LogP contribution in [-0.2, 0) is 16.6 Å². The first-order valence-corrected chi connectivity index (χ1v) is 13.6. The summed E-state index contributed by atoms with van der Waals surface area (Å²) >= 11 is 0. The molecule has 3 aromatic rings. The van der Waals surface area contributed by atoms with Gasteiger partial charge in [-0.15, -0.1) is 0 Å². The van der Waals surface area contributed by atoms with E-state index >= 15 is 0 Å². The number of piperazine rings is 1. The lowest BCUT2D eigenvalue weighted by Crippen LogP contribution is -2.48. The van der Waals surface area contributed by atoms with E-state index < -0.39 is 10.0 Å². The summed E-state index contributed by atoms with van der Waals surface area (Å²) in [7, 11) is -3.45. The number of carbonyl (C=O) groups excluding carboxylic acids is 1. The van der Waals surface area contributed by atoms with Crippen molar-refractivity contribution in [3.05, 3.63) is 95.1 Å². The number of hydrogen-bond donors (Lipinski definition) is 1. The van der Waals surface area contributed by atoms with Crippen LogP contribution in [0.15, 0.2) is 77.7 Å². The summed E-state index contributed by atoms with van der Waals surface area (Å²) in [5.74, 6) is 0.706. The zero-order chi connectivity index (χ0) is 25.5. The van der Waals surface area contributed by atoms with E-state index in [0.717, 1.165) is 16.9 Å². The second-order valence-electron chi connectivity index (χ2n) is 8.99. The van der Waals surface area contributed by atoms with E-state index in [-0.39, 0.29) is 5.91 Å². The fourth-order valence-corrected chi connectivity index (χ4v) is 5.64. The molecule has 7 nitrogen and oxygen atoms in total. The molecule has 0 aromatic heterocycles. The Labute approximate surface area is 213 Å². The minimum absolute atomic E-state index is 0.133. The minimum atomic E-state index is -3.45. The highest BCUT2D eigenvalue weighted by Gasteiger charge is 2.28. The third-order valence-corrected chi connectivity index (χ3v) is 8.45. The molecule has 0 bridgehead atoms. The van der Waals surface area contributed by atoms with Crippen molar-refractivity contribution in [2.45, 2.75) is 25.3 Å². The van der Waals surface area contributed by atoms with Crippen LogP contribution in [0.5, 0.6) is 5.75 Å². The van der Waals surface area contributed by atoms with Gasteiger partial charge in [0.15, 0.2) is 0 Å². The third-order valence-electron chi connectivity index (χ3n) is 6.53. The Hall–Kier alpha value is -3.20. The fraction of sp³-hybridized carbons (Fsp3) is 0.321. The molecule has 0 aliphatic carbocycles. The number of nitrogens with zero attached hydrogens (tertiary/aromatic N) is 2. The number of ether oxygens (including phenoxy) is 1. The maximum Gasteiger partial charge on any atom is 0.251 e. The molecule has 4 rings (SSSR count). The van der Waals surface area contributed by atoms with Crippen LogP contribution in [0.2, 0.25) is 0 Å². The van der Waals surface area contributed by atoms with Crippen molar-refractivity contribution in [2.24, 2.45) is 0 Å². The van der Waals surface area contributed by atoms with Gasteiger partial charge in [-0.3, -0.25) is 9.69 Å². The molecule has 1 saturated heterocycles. The molecule has 1 heterocycles. The first kappa shape index (κ1) is 25.9. The standard InChI is InChI=1S/C28H33N3O4S/c1-22-7-6-10-27(23(22)2)35-20-15-29-28(32)25-13-11-24(12-14-25)21-30-16-18-31(19-17-30)36(33,34)26-8-4-3-5-9-26/h3-14H,15-21H2,1-2H3,(H,29,32). The molecular formula is C28H33N3O4S. The highest BCUT2D eigenvalue weighted by atomic mass is 32.2. The Bertz CT molecular complexity index is 1270. The summed E-state index contributed by atoms with van der Waals surface area (Å²) in [5.41, 5.74) is 3.97. The van der Waals surface area contributed by atoms with E-state index in [2.05, 4.69) is 10.2 Å². The predicted molar refractivity (Wildman–Crippen MR) is 141 cm³/mol. The van der Waals surface area contributed by atoms with Gasteiger partial charge in [0.2, 0.25) is 10.0 Å². The Kier molecular flexibility index (Phi) is 8.40. The number of sulfonamides is 1. The molecule has 1 amide bonds. The molecule has 0 spiro atoms. The van der Waals surface area contributed by atoms with Crippen LogP contribution in [0.4, 0.5) is 0 Å². The van der Waals surface area contributed by atoms with Gasteiger partial charge >= 0.3 is 0 Å². The summed E-state index contributed by atoms with van der Waals surface area (Å²) < 4.78 is 33.0. The van der Waals surface area contributed by atoms with Crippen LogP contribution < -0.4 is 10.1 Å². The van der Waals surface area contributed by atoms with E-state index in [4.69, 9.17) is 4.74 Å². The molecular weight excluding hydrogens is 474 g/mol. The van der Waals surface area contributed by atoms with Crippen LogP contribution in [0.1, 0.15) is 27.0 Å². The molecule has 0 saturated carbocycles. The van der Waals surface area contributed by atoms with Crippen molar-refractivity contribution in [1.29, 1.82) is 0 Å². The summed E-state index contributed by atoms with van der Waals surface area (Å²) in [6.45, 7) is 7.85. The molecule has 1 N–H and O–H groups in total. The van der Waals surface area contributed by atoms with Crippen LogP contribution in [-0.4, -0.2) is 62.9 Å². The molecule has 0 atom stereocenters. The van der Waals surface area contributed by atoms with Gasteiger partial charge in [0.05, 0.1) is 11.4 Å². The van der Waals surface area contributed by atoms with Gasteiger partial charge < -0.3 is 10.1 Å². The number of rotatable bonds is 9. The summed E-state index contributed by atoms with van der Waals surface area (Å²) in [6, 6.07) is 22.1. The molecule has 1 aliphatic heterocycles. The highest BCUT2D eigenvalue weighted by Crippen LogP contribution is 2.20. The monoisotopic (exact) mass is 507 g/mol. The van der Waals surface area contributed by atoms with E-state index in [9.17, 15) is 13.2 Å². The van der Waals surface area contributed by atoms with Gasteiger partial charge in [0.1, 0.15) is 12.4 Å². The first-order valence-electron chi connectivity index (χ1n) is 12.2. The van der Waals surface area contributed by atoms with Gasteiger partial charge in [-0.2, -0.15) is 4.31 Å². The Morgan fingerprint density at radius 1 is 0.889 bits per heavy atom. The molecule has 1 fully saturated rings. The molecule has 1 aliphatic rings. The lowest BCUT2D eigenvalue weighted by Gasteiger charge is -2.34. The second-order valence-corrected chi connectivity index (χ2v) is 10.9. The SMILES string of the molecule is Cc1cccc(OCCNC(=O)c2ccc(CN3CCN(S(=O)(=O)c4ccccc4)CC3)cc2)c1C. The van der Waals surface area contributed by atoms with Crippen molar-refractivity contribution in [2.75, 3.05) is 39.3 Å². The maximum atomic E-state index is 12.8. The number of hydrogen-bond acceptors (Lipinski definition) is 5. The van der Waals surface area contributed by atoms with E-state index in [0.29, 0.717) is 56.3 Å². The van der Waals surface area contributed by atoms with E-state index in [1.165, 1.54) is 5.56 Å². The number of amides is 1. The zero-order valence-electron chi connectivity index (χ0n) is 20.8.